The van der Waals surface area contributed by atoms with Crippen LogP contribution in [0.15, 0.2) is 0 Å². The van der Waals surface area contributed by atoms with Gasteiger partial charge in [0.05, 0.1) is 19.3 Å². The Hall–Kier alpha value is -0.120. The van der Waals surface area contributed by atoms with Gasteiger partial charge in [-0.1, -0.05) is 0 Å². The van der Waals surface area contributed by atoms with Gasteiger partial charge in [-0.05, 0) is 33.1 Å². The summed E-state index contributed by atoms with van der Waals surface area (Å²) in [7, 11) is 0. The van der Waals surface area contributed by atoms with E-state index >= 15 is 0 Å². The first kappa shape index (κ1) is 10.4. The molecule has 1 aliphatic carbocycles. The van der Waals surface area contributed by atoms with Crippen molar-refractivity contribution >= 4 is 0 Å². The first-order chi connectivity index (χ1) is 6.61. The Balaban J connectivity index is 2.07. The van der Waals surface area contributed by atoms with Gasteiger partial charge in [0, 0.05) is 18.1 Å². The molecule has 14 heavy (non-hydrogen) atoms. The van der Waals surface area contributed by atoms with Gasteiger partial charge in [-0.3, -0.25) is 4.90 Å². The SMILES string of the molecule is CC1(C)COCCN1[C@H]1CCC[C@@H]1O. The minimum atomic E-state index is -0.118. The third-order valence-corrected chi connectivity index (χ3v) is 3.55. The Morgan fingerprint density at radius 2 is 2.14 bits per heavy atom. The molecule has 1 aliphatic heterocycles. The summed E-state index contributed by atoms with van der Waals surface area (Å²) in [4.78, 5) is 2.44. The predicted molar refractivity (Wildman–Crippen MR) is 55.2 cm³/mol. The van der Waals surface area contributed by atoms with Crippen molar-refractivity contribution in [3.63, 3.8) is 0 Å². The van der Waals surface area contributed by atoms with Crippen molar-refractivity contribution in [1.82, 2.24) is 4.90 Å². The van der Waals surface area contributed by atoms with E-state index in [0.717, 1.165) is 32.6 Å². The fraction of sp³-hybridized carbons (Fsp3) is 1.00. The summed E-state index contributed by atoms with van der Waals surface area (Å²) >= 11 is 0. The van der Waals surface area contributed by atoms with Crippen LogP contribution in [-0.4, -0.2) is 47.4 Å². The van der Waals surface area contributed by atoms with E-state index in [-0.39, 0.29) is 11.6 Å². The number of ether oxygens (including phenoxy) is 1. The lowest BCUT2D eigenvalue weighted by Crippen LogP contribution is -2.58. The van der Waals surface area contributed by atoms with Crippen LogP contribution in [-0.2, 0) is 4.74 Å². The van der Waals surface area contributed by atoms with E-state index in [1.165, 1.54) is 6.42 Å². The summed E-state index contributed by atoms with van der Waals surface area (Å²) in [5.74, 6) is 0. The van der Waals surface area contributed by atoms with Crippen LogP contribution in [0.1, 0.15) is 33.1 Å². The molecule has 1 saturated carbocycles. The van der Waals surface area contributed by atoms with Gasteiger partial charge in [0.2, 0.25) is 0 Å². The zero-order valence-corrected chi connectivity index (χ0v) is 9.20. The molecule has 2 aliphatic rings. The molecule has 1 N–H and O–H groups in total. The van der Waals surface area contributed by atoms with Crippen LogP contribution in [0.2, 0.25) is 0 Å². The lowest BCUT2D eigenvalue weighted by atomic mass is 9.98. The largest absolute Gasteiger partial charge is 0.391 e. The van der Waals surface area contributed by atoms with Gasteiger partial charge in [0.15, 0.2) is 0 Å². The lowest BCUT2D eigenvalue weighted by molar-refractivity contribution is -0.0894. The molecule has 0 unspecified atom stereocenters. The van der Waals surface area contributed by atoms with E-state index in [1.807, 2.05) is 0 Å². The minimum absolute atomic E-state index is 0.0915. The second kappa shape index (κ2) is 3.80. The first-order valence-corrected chi connectivity index (χ1v) is 5.64. The van der Waals surface area contributed by atoms with Crippen molar-refractivity contribution in [2.75, 3.05) is 19.8 Å². The summed E-state index contributed by atoms with van der Waals surface area (Å²) < 4.78 is 5.49. The van der Waals surface area contributed by atoms with Gasteiger partial charge < -0.3 is 9.84 Å². The number of aliphatic hydroxyl groups excluding tert-OH is 1. The van der Waals surface area contributed by atoms with Crippen LogP contribution in [0, 0.1) is 0 Å². The van der Waals surface area contributed by atoms with E-state index in [0.29, 0.717) is 6.04 Å². The molecule has 2 atom stereocenters. The highest BCUT2D eigenvalue weighted by molar-refractivity contribution is 4.94. The number of hydrogen-bond donors (Lipinski definition) is 1. The first-order valence-electron chi connectivity index (χ1n) is 5.64. The molecule has 0 aromatic rings. The standard InChI is InChI=1S/C11H21NO2/c1-11(2)8-14-7-6-12(11)9-4-3-5-10(9)13/h9-10,13H,3-8H2,1-2H3/t9-,10-/m0/s1. The van der Waals surface area contributed by atoms with Crippen molar-refractivity contribution in [3.05, 3.63) is 0 Å². The van der Waals surface area contributed by atoms with E-state index in [2.05, 4.69) is 18.7 Å². The highest BCUT2D eigenvalue weighted by Gasteiger charge is 2.40. The van der Waals surface area contributed by atoms with Crippen LogP contribution >= 0.6 is 0 Å². The number of hydrogen-bond acceptors (Lipinski definition) is 3. The molecule has 3 heteroatoms. The molecule has 0 amide bonds. The average molecular weight is 199 g/mol. The van der Waals surface area contributed by atoms with Gasteiger partial charge in [0.25, 0.3) is 0 Å². The third kappa shape index (κ3) is 1.81. The maximum Gasteiger partial charge on any atom is 0.0695 e. The van der Waals surface area contributed by atoms with Crippen LogP contribution < -0.4 is 0 Å². The fourth-order valence-electron chi connectivity index (χ4n) is 2.77. The molecular weight excluding hydrogens is 178 g/mol. The molecule has 1 heterocycles. The van der Waals surface area contributed by atoms with Crippen molar-refractivity contribution in [2.24, 2.45) is 0 Å². The number of rotatable bonds is 1. The average Bonchev–Trinajstić information content (AvgIpc) is 2.51. The summed E-state index contributed by atoms with van der Waals surface area (Å²) in [6.45, 7) is 6.98. The monoisotopic (exact) mass is 199 g/mol. The second-order valence-electron chi connectivity index (χ2n) is 5.12. The molecule has 3 nitrogen and oxygen atoms in total. The number of aliphatic hydroxyl groups is 1. The minimum Gasteiger partial charge on any atom is -0.391 e. The van der Waals surface area contributed by atoms with E-state index in [4.69, 9.17) is 4.74 Å². The fourth-order valence-corrected chi connectivity index (χ4v) is 2.77. The zero-order valence-electron chi connectivity index (χ0n) is 9.20. The Morgan fingerprint density at radius 3 is 2.71 bits per heavy atom. The van der Waals surface area contributed by atoms with Crippen molar-refractivity contribution < 1.29 is 9.84 Å². The van der Waals surface area contributed by atoms with E-state index in [1.54, 1.807) is 0 Å². The maximum atomic E-state index is 9.89. The molecular formula is C11H21NO2. The van der Waals surface area contributed by atoms with Gasteiger partial charge in [-0.25, -0.2) is 0 Å². The molecule has 0 radical (unpaired) electrons. The molecule has 0 aromatic carbocycles. The molecule has 2 rings (SSSR count). The van der Waals surface area contributed by atoms with E-state index < -0.39 is 0 Å². The molecule has 0 aromatic heterocycles. The van der Waals surface area contributed by atoms with Crippen molar-refractivity contribution in [1.29, 1.82) is 0 Å². The predicted octanol–water partition coefficient (Wildman–Crippen LogP) is 1.01. The number of morpholine rings is 1. The second-order valence-corrected chi connectivity index (χ2v) is 5.12. The van der Waals surface area contributed by atoms with Crippen LogP contribution in [0.25, 0.3) is 0 Å². The maximum absolute atomic E-state index is 9.89. The topological polar surface area (TPSA) is 32.7 Å². The van der Waals surface area contributed by atoms with Gasteiger partial charge in [-0.2, -0.15) is 0 Å². The Labute approximate surface area is 86.0 Å². The van der Waals surface area contributed by atoms with Crippen LogP contribution in [0.5, 0.6) is 0 Å². The zero-order chi connectivity index (χ0) is 10.2. The normalized spacial score (nSPS) is 38.8. The highest BCUT2D eigenvalue weighted by Crippen LogP contribution is 2.31. The summed E-state index contributed by atoms with van der Waals surface area (Å²) in [5, 5.41) is 9.89. The van der Waals surface area contributed by atoms with Gasteiger partial charge in [0.1, 0.15) is 0 Å². The van der Waals surface area contributed by atoms with Crippen LogP contribution in [0.3, 0.4) is 0 Å². The Morgan fingerprint density at radius 1 is 1.36 bits per heavy atom. The van der Waals surface area contributed by atoms with Gasteiger partial charge >= 0.3 is 0 Å². The molecule has 1 saturated heterocycles. The quantitative estimate of drug-likeness (QED) is 0.684. The Kier molecular flexibility index (Phi) is 2.82. The highest BCUT2D eigenvalue weighted by atomic mass is 16.5. The summed E-state index contributed by atoms with van der Waals surface area (Å²) in [6, 6.07) is 0.369. The molecule has 82 valence electrons. The third-order valence-electron chi connectivity index (χ3n) is 3.55. The van der Waals surface area contributed by atoms with E-state index in [9.17, 15) is 5.11 Å². The number of nitrogens with zero attached hydrogens (tertiary/aromatic N) is 1. The summed E-state index contributed by atoms with van der Waals surface area (Å²) in [5.41, 5.74) is 0.0915. The lowest BCUT2D eigenvalue weighted by Gasteiger charge is -2.46. The van der Waals surface area contributed by atoms with Crippen molar-refractivity contribution in [3.8, 4) is 0 Å². The van der Waals surface area contributed by atoms with Crippen molar-refractivity contribution in [2.45, 2.75) is 50.8 Å². The Bertz CT molecular complexity index is 205. The molecule has 0 bridgehead atoms. The van der Waals surface area contributed by atoms with Crippen LogP contribution in [0.4, 0.5) is 0 Å². The molecule has 2 fully saturated rings. The summed E-state index contributed by atoms with van der Waals surface area (Å²) in [6.07, 6.45) is 3.16. The van der Waals surface area contributed by atoms with Gasteiger partial charge in [-0.15, -0.1) is 0 Å². The molecule has 0 spiro atoms. The smallest absolute Gasteiger partial charge is 0.0695 e.